The Morgan fingerprint density at radius 3 is 3.00 bits per heavy atom. The van der Waals surface area contributed by atoms with E-state index < -0.39 is 0 Å². The van der Waals surface area contributed by atoms with Crippen LogP contribution in [0.4, 0.5) is 0 Å². The van der Waals surface area contributed by atoms with Crippen LogP contribution < -0.4 is 5.73 Å². The van der Waals surface area contributed by atoms with Gasteiger partial charge in [0.05, 0.1) is 0 Å². The van der Waals surface area contributed by atoms with Crippen LogP contribution >= 0.6 is 0 Å². The molecule has 1 aromatic heterocycles. The molecule has 0 unspecified atom stereocenters. The summed E-state index contributed by atoms with van der Waals surface area (Å²) < 4.78 is 0. The van der Waals surface area contributed by atoms with Crippen molar-refractivity contribution < 1.29 is 0 Å². The monoisotopic (exact) mass is 172 g/mol. The quantitative estimate of drug-likeness (QED) is 0.716. The molecule has 0 saturated heterocycles. The smallest absolute Gasteiger partial charge is 0.0460 e. The molecule has 0 radical (unpaired) electrons. The lowest BCUT2D eigenvalue weighted by atomic mass is 10.0. The average Bonchev–Trinajstić information content (AvgIpc) is 2.63. The van der Waals surface area contributed by atoms with Crippen LogP contribution in [-0.2, 0) is 0 Å². The minimum Gasteiger partial charge on any atom is -0.361 e. The van der Waals surface area contributed by atoms with Gasteiger partial charge in [-0.15, -0.1) is 0 Å². The van der Waals surface area contributed by atoms with Crippen LogP contribution in [0.1, 0.15) is 5.56 Å². The van der Waals surface area contributed by atoms with Crippen molar-refractivity contribution in [3.05, 3.63) is 42.6 Å². The van der Waals surface area contributed by atoms with E-state index in [1.165, 1.54) is 5.39 Å². The summed E-state index contributed by atoms with van der Waals surface area (Å²) in [5.74, 6) is 0. The molecule has 2 aromatic rings. The maximum Gasteiger partial charge on any atom is 0.0460 e. The Morgan fingerprint density at radius 2 is 2.23 bits per heavy atom. The molecule has 0 amide bonds. The van der Waals surface area contributed by atoms with Gasteiger partial charge in [0.2, 0.25) is 0 Å². The van der Waals surface area contributed by atoms with Gasteiger partial charge in [-0.25, -0.2) is 0 Å². The molecule has 3 N–H and O–H groups in total. The number of fused-ring (bicyclic) bond motifs is 1. The van der Waals surface area contributed by atoms with Crippen molar-refractivity contribution >= 4 is 16.5 Å². The first-order valence-corrected chi connectivity index (χ1v) is 4.27. The topological polar surface area (TPSA) is 41.8 Å². The predicted octanol–water partition coefficient (Wildman–Crippen LogP) is 2.14. The largest absolute Gasteiger partial charge is 0.361 e. The van der Waals surface area contributed by atoms with Crippen molar-refractivity contribution in [1.29, 1.82) is 0 Å². The number of nitrogens with one attached hydrogen (secondary N) is 1. The molecule has 66 valence electrons. The number of aromatic nitrogens is 1. The van der Waals surface area contributed by atoms with E-state index in [4.69, 9.17) is 5.73 Å². The lowest BCUT2D eigenvalue weighted by Gasteiger charge is -2.03. The molecule has 0 saturated carbocycles. The molecular formula is C11H12N2. The summed E-state index contributed by atoms with van der Waals surface area (Å²) in [5.41, 5.74) is 8.80. The first kappa shape index (κ1) is 8.08. The van der Waals surface area contributed by atoms with Gasteiger partial charge in [-0.3, -0.25) is 0 Å². The minimum absolute atomic E-state index is 0.504. The zero-order valence-corrected chi connectivity index (χ0v) is 7.38. The van der Waals surface area contributed by atoms with Crippen LogP contribution in [0, 0.1) is 0 Å². The van der Waals surface area contributed by atoms with E-state index in [1.54, 1.807) is 0 Å². The van der Waals surface area contributed by atoms with Crippen LogP contribution in [0.3, 0.4) is 0 Å². The van der Waals surface area contributed by atoms with Crippen LogP contribution in [0.2, 0.25) is 0 Å². The molecule has 2 nitrogen and oxygen atoms in total. The summed E-state index contributed by atoms with van der Waals surface area (Å²) >= 11 is 0. The molecule has 0 bridgehead atoms. The second-order valence-corrected chi connectivity index (χ2v) is 3.05. The Kier molecular flexibility index (Phi) is 1.91. The van der Waals surface area contributed by atoms with Gasteiger partial charge < -0.3 is 10.7 Å². The highest BCUT2D eigenvalue weighted by molar-refractivity contribution is 5.91. The SMILES string of the molecule is C=C(CN)c1cccc2[nH]ccc12. The Bertz CT molecular complexity index is 440. The zero-order valence-electron chi connectivity index (χ0n) is 7.38. The van der Waals surface area contributed by atoms with Gasteiger partial charge in [0.25, 0.3) is 0 Å². The lowest BCUT2D eigenvalue weighted by molar-refractivity contribution is 1.28. The van der Waals surface area contributed by atoms with E-state index in [0.717, 1.165) is 16.7 Å². The summed E-state index contributed by atoms with van der Waals surface area (Å²) in [7, 11) is 0. The highest BCUT2D eigenvalue weighted by Crippen LogP contribution is 2.22. The van der Waals surface area contributed by atoms with Crippen molar-refractivity contribution in [1.82, 2.24) is 4.98 Å². The van der Waals surface area contributed by atoms with Crippen molar-refractivity contribution in [3.63, 3.8) is 0 Å². The van der Waals surface area contributed by atoms with Gasteiger partial charge in [-0.1, -0.05) is 18.7 Å². The molecule has 13 heavy (non-hydrogen) atoms. The van der Waals surface area contributed by atoms with E-state index >= 15 is 0 Å². The Hall–Kier alpha value is -1.54. The third-order valence-corrected chi connectivity index (χ3v) is 2.22. The van der Waals surface area contributed by atoms with Crippen LogP contribution in [-0.4, -0.2) is 11.5 Å². The van der Waals surface area contributed by atoms with E-state index in [-0.39, 0.29) is 0 Å². The summed E-state index contributed by atoms with van der Waals surface area (Å²) in [6.07, 6.45) is 1.93. The molecule has 2 rings (SSSR count). The van der Waals surface area contributed by atoms with E-state index in [1.807, 2.05) is 30.5 Å². The fraction of sp³-hybridized carbons (Fsp3) is 0.0909. The third kappa shape index (κ3) is 1.25. The van der Waals surface area contributed by atoms with Crippen LogP contribution in [0.15, 0.2) is 37.0 Å². The van der Waals surface area contributed by atoms with Gasteiger partial charge in [0, 0.05) is 23.6 Å². The number of benzene rings is 1. The normalized spacial score (nSPS) is 10.5. The number of nitrogens with two attached hydrogens (primary N) is 1. The molecule has 0 aliphatic heterocycles. The third-order valence-electron chi connectivity index (χ3n) is 2.22. The van der Waals surface area contributed by atoms with E-state index in [2.05, 4.69) is 11.6 Å². The van der Waals surface area contributed by atoms with Crippen molar-refractivity contribution in [2.75, 3.05) is 6.54 Å². The standard InChI is InChI=1S/C11H12N2/c1-8(7-12)9-3-2-4-11-10(9)5-6-13-11/h2-6,13H,1,7,12H2. The summed E-state index contributed by atoms with van der Waals surface area (Å²) in [6.45, 7) is 4.44. The number of rotatable bonds is 2. The highest BCUT2D eigenvalue weighted by atomic mass is 14.7. The first-order valence-electron chi connectivity index (χ1n) is 4.27. The van der Waals surface area contributed by atoms with E-state index in [0.29, 0.717) is 6.54 Å². The van der Waals surface area contributed by atoms with Crippen molar-refractivity contribution in [3.8, 4) is 0 Å². The minimum atomic E-state index is 0.504. The first-order chi connectivity index (χ1) is 6.33. The highest BCUT2D eigenvalue weighted by Gasteiger charge is 2.02. The molecule has 1 aromatic carbocycles. The molecule has 0 atom stereocenters. The zero-order chi connectivity index (χ0) is 9.26. The maximum atomic E-state index is 5.55. The fourth-order valence-electron chi connectivity index (χ4n) is 1.50. The van der Waals surface area contributed by atoms with Gasteiger partial charge in [-0.2, -0.15) is 0 Å². The number of H-pyrrole nitrogens is 1. The van der Waals surface area contributed by atoms with Gasteiger partial charge >= 0.3 is 0 Å². The van der Waals surface area contributed by atoms with Gasteiger partial charge in [-0.05, 0) is 23.3 Å². The summed E-state index contributed by atoms with van der Waals surface area (Å²) in [5, 5.41) is 1.19. The molecule has 0 spiro atoms. The Balaban J connectivity index is 2.67. The number of hydrogen-bond acceptors (Lipinski definition) is 1. The lowest BCUT2D eigenvalue weighted by Crippen LogP contribution is -2.00. The molecule has 0 fully saturated rings. The van der Waals surface area contributed by atoms with Crippen LogP contribution in [0.5, 0.6) is 0 Å². The average molecular weight is 172 g/mol. The summed E-state index contributed by atoms with van der Waals surface area (Å²) in [4.78, 5) is 3.16. The molecular weight excluding hydrogens is 160 g/mol. The maximum absolute atomic E-state index is 5.55. The summed E-state index contributed by atoms with van der Waals surface area (Å²) in [6, 6.07) is 8.15. The van der Waals surface area contributed by atoms with Crippen molar-refractivity contribution in [2.45, 2.75) is 0 Å². The molecule has 0 aliphatic rings. The van der Waals surface area contributed by atoms with Gasteiger partial charge in [0.15, 0.2) is 0 Å². The fourth-order valence-corrected chi connectivity index (χ4v) is 1.50. The van der Waals surface area contributed by atoms with Crippen molar-refractivity contribution in [2.24, 2.45) is 5.73 Å². The second kappa shape index (κ2) is 3.07. The number of aromatic amines is 1. The predicted molar refractivity (Wildman–Crippen MR) is 56.4 cm³/mol. The molecule has 0 aliphatic carbocycles. The molecule has 1 heterocycles. The van der Waals surface area contributed by atoms with E-state index in [9.17, 15) is 0 Å². The number of hydrogen-bond donors (Lipinski definition) is 2. The second-order valence-electron chi connectivity index (χ2n) is 3.05. The molecule has 2 heteroatoms. The van der Waals surface area contributed by atoms with Gasteiger partial charge in [0.1, 0.15) is 0 Å². The van der Waals surface area contributed by atoms with Crippen LogP contribution in [0.25, 0.3) is 16.5 Å². The Labute approximate surface area is 77.1 Å². The Morgan fingerprint density at radius 1 is 1.38 bits per heavy atom.